The number of ether oxygens (including phenoxy) is 2. The van der Waals surface area contributed by atoms with Crippen molar-refractivity contribution in [1.82, 2.24) is 5.32 Å². The summed E-state index contributed by atoms with van der Waals surface area (Å²) in [5.74, 6) is -0.251. The van der Waals surface area contributed by atoms with E-state index in [1.807, 2.05) is 18.2 Å². The van der Waals surface area contributed by atoms with E-state index >= 15 is 0 Å². The van der Waals surface area contributed by atoms with Crippen LogP contribution in [-0.2, 0) is 31.9 Å². The smallest absolute Gasteiger partial charge is 0.407 e. The van der Waals surface area contributed by atoms with E-state index in [-0.39, 0.29) is 18.3 Å². The molecule has 1 aromatic rings. The van der Waals surface area contributed by atoms with Crippen molar-refractivity contribution < 1.29 is 23.9 Å². The number of anilines is 1. The lowest BCUT2D eigenvalue weighted by atomic mass is 10.1. The van der Waals surface area contributed by atoms with E-state index in [0.717, 1.165) is 23.2 Å². The lowest BCUT2D eigenvalue weighted by Crippen LogP contribution is -2.34. The zero-order valence-corrected chi connectivity index (χ0v) is 16.5. The van der Waals surface area contributed by atoms with E-state index < -0.39 is 11.7 Å². The van der Waals surface area contributed by atoms with E-state index in [2.05, 4.69) is 10.1 Å². The highest BCUT2D eigenvalue weighted by Crippen LogP contribution is 2.29. The molecule has 0 saturated carbocycles. The quantitative estimate of drug-likeness (QED) is 0.609. The normalized spacial score (nSPS) is 13.1. The summed E-state index contributed by atoms with van der Waals surface area (Å²) in [5.41, 5.74) is 2.31. The van der Waals surface area contributed by atoms with Gasteiger partial charge in [0, 0.05) is 25.2 Å². The van der Waals surface area contributed by atoms with E-state index in [0.29, 0.717) is 25.9 Å². The molecule has 0 fully saturated rings. The number of methoxy groups -OCH3 is 1. The van der Waals surface area contributed by atoms with Crippen molar-refractivity contribution in [1.29, 1.82) is 0 Å². The first-order valence-corrected chi connectivity index (χ1v) is 9.15. The van der Waals surface area contributed by atoms with E-state index in [1.54, 1.807) is 25.7 Å². The molecule has 7 heteroatoms. The molecule has 0 radical (unpaired) electrons. The first-order valence-electron chi connectivity index (χ1n) is 9.15. The maximum Gasteiger partial charge on any atom is 0.407 e. The standard InChI is InChI=1S/C20H28N2O5/c1-20(2,3)27-19(25)21-10-5-6-17(23)22-11-9-15-12-14(7-8-16(15)22)13-18(24)26-4/h7-8,12H,5-6,9-11,13H2,1-4H3,(H,21,25). The van der Waals surface area contributed by atoms with Crippen molar-refractivity contribution >= 4 is 23.7 Å². The molecule has 2 rings (SSSR count). The van der Waals surface area contributed by atoms with Crippen LogP contribution in [0.1, 0.15) is 44.7 Å². The van der Waals surface area contributed by atoms with Gasteiger partial charge in [-0.2, -0.15) is 0 Å². The number of carbonyl (C=O) groups is 3. The Morgan fingerprint density at radius 2 is 1.96 bits per heavy atom. The Hall–Kier alpha value is -2.57. The predicted molar refractivity (Wildman–Crippen MR) is 102 cm³/mol. The molecule has 1 heterocycles. The Kier molecular flexibility index (Phi) is 6.82. The van der Waals surface area contributed by atoms with E-state index in [1.165, 1.54) is 7.11 Å². The van der Waals surface area contributed by atoms with Crippen LogP contribution in [0.4, 0.5) is 10.5 Å². The Morgan fingerprint density at radius 3 is 2.63 bits per heavy atom. The molecule has 148 valence electrons. The van der Waals surface area contributed by atoms with E-state index in [9.17, 15) is 14.4 Å². The number of rotatable bonds is 6. The molecule has 0 aromatic heterocycles. The van der Waals surface area contributed by atoms with Gasteiger partial charge in [-0.05, 0) is 50.8 Å². The van der Waals surface area contributed by atoms with Crippen molar-refractivity contribution in [3.05, 3.63) is 29.3 Å². The van der Waals surface area contributed by atoms with Gasteiger partial charge < -0.3 is 19.7 Å². The minimum Gasteiger partial charge on any atom is -0.469 e. The SMILES string of the molecule is COC(=O)Cc1ccc2c(c1)CCN2C(=O)CCCNC(=O)OC(C)(C)C. The summed E-state index contributed by atoms with van der Waals surface area (Å²) >= 11 is 0. The second-order valence-corrected chi connectivity index (χ2v) is 7.54. The Bertz CT molecular complexity index is 709. The fourth-order valence-corrected chi connectivity index (χ4v) is 2.94. The third-order valence-corrected chi connectivity index (χ3v) is 4.15. The highest BCUT2D eigenvalue weighted by atomic mass is 16.6. The van der Waals surface area contributed by atoms with Gasteiger partial charge in [0.05, 0.1) is 13.5 Å². The molecular weight excluding hydrogens is 348 g/mol. The minimum absolute atomic E-state index is 0.0282. The number of amides is 2. The summed E-state index contributed by atoms with van der Waals surface area (Å²) in [6.45, 7) is 6.43. The van der Waals surface area contributed by atoms with Crippen molar-refractivity contribution in [3.8, 4) is 0 Å². The fraction of sp³-hybridized carbons (Fsp3) is 0.550. The van der Waals surface area contributed by atoms with Crippen LogP contribution in [0.2, 0.25) is 0 Å². The van der Waals surface area contributed by atoms with Gasteiger partial charge in [0.2, 0.25) is 5.91 Å². The number of benzene rings is 1. The minimum atomic E-state index is -0.536. The van der Waals surface area contributed by atoms with Gasteiger partial charge in [0.1, 0.15) is 5.60 Å². The highest BCUT2D eigenvalue weighted by Gasteiger charge is 2.24. The van der Waals surface area contributed by atoms with Crippen LogP contribution in [0, 0.1) is 0 Å². The molecule has 0 spiro atoms. The Balaban J connectivity index is 1.82. The summed E-state index contributed by atoms with van der Waals surface area (Å²) in [6, 6.07) is 5.70. The molecule has 1 aromatic carbocycles. The molecule has 0 saturated heterocycles. The third kappa shape index (κ3) is 6.27. The van der Waals surface area contributed by atoms with Gasteiger partial charge in [-0.25, -0.2) is 4.79 Å². The van der Waals surface area contributed by atoms with Gasteiger partial charge in [-0.1, -0.05) is 12.1 Å². The van der Waals surface area contributed by atoms with Gasteiger partial charge >= 0.3 is 12.1 Å². The van der Waals surface area contributed by atoms with Gasteiger partial charge in [0.25, 0.3) is 0 Å². The van der Waals surface area contributed by atoms with Crippen molar-refractivity contribution in [3.63, 3.8) is 0 Å². The molecular formula is C20H28N2O5. The summed E-state index contributed by atoms with van der Waals surface area (Å²) in [5, 5.41) is 2.66. The zero-order chi connectivity index (χ0) is 20.0. The number of nitrogens with one attached hydrogen (secondary N) is 1. The molecule has 0 aliphatic carbocycles. The van der Waals surface area contributed by atoms with Crippen LogP contribution in [0.15, 0.2) is 18.2 Å². The van der Waals surface area contributed by atoms with Crippen LogP contribution in [-0.4, -0.2) is 43.8 Å². The average Bonchev–Trinajstić information content (AvgIpc) is 3.00. The van der Waals surface area contributed by atoms with Crippen LogP contribution < -0.4 is 10.2 Å². The predicted octanol–water partition coefficient (Wildman–Crippen LogP) is 2.60. The molecule has 2 amide bonds. The lowest BCUT2D eigenvalue weighted by Gasteiger charge is -2.20. The summed E-state index contributed by atoms with van der Waals surface area (Å²) < 4.78 is 9.85. The van der Waals surface area contributed by atoms with Crippen LogP contribution in [0.3, 0.4) is 0 Å². The lowest BCUT2D eigenvalue weighted by molar-refractivity contribution is -0.139. The summed E-state index contributed by atoms with van der Waals surface area (Å²) in [4.78, 5) is 37.3. The number of carbonyl (C=O) groups excluding carboxylic acids is 3. The molecule has 27 heavy (non-hydrogen) atoms. The summed E-state index contributed by atoms with van der Waals surface area (Å²) in [6.07, 6.45) is 1.42. The van der Waals surface area contributed by atoms with Crippen molar-refractivity contribution in [2.75, 3.05) is 25.1 Å². The van der Waals surface area contributed by atoms with Gasteiger partial charge in [-0.15, -0.1) is 0 Å². The average molecular weight is 376 g/mol. The molecule has 7 nitrogen and oxygen atoms in total. The van der Waals surface area contributed by atoms with Gasteiger partial charge in [0.15, 0.2) is 0 Å². The fourth-order valence-electron chi connectivity index (χ4n) is 2.94. The highest BCUT2D eigenvalue weighted by molar-refractivity contribution is 5.95. The number of fused-ring (bicyclic) bond motifs is 1. The largest absolute Gasteiger partial charge is 0.469 e. The van der Waals surface area contributed by atoms with Crippen LogP contribution in [0.5, 0.6) is 0 Å². The zero-order valence-electron chi connectivity index (χ0n) is 16.5. The Labute approximate surface area is 160 Å². The molecule has 0 atom stereocenters. The molecule has 0 unspecified atom stereocenters. The Morgan fingerprint density at radius 1 is 1.22 bits per heavy atom. The molecule has 0 bridgehead atoms. The maximum atomic E-state index is 12.5. The second kappa shape index (κ2) is 8.88. The molecule has 1 aliphatic heterocycles. The van der Waals surface area contributed by atoms with Crippen LogP contribution >= 0.6 is 0 Å². The number of alkyl carbamates (subject to hydrolysis) is 1. The number of nitrogens with zero attached hydrogens (tertiary/aromatic N) is 1. The first-order chi connectivity index (χ1) is 12.7. The monoisotopic (exact) mass is 376 g/mol. The van der Waals surface area contributed by atoms with Crippen molar-refractivity contribution in [2.45, 2.75) is 52.1 Å². The third-order valence-electron chi connectivity index (χ3n) is 4.15. The maximum absolute atomic E-state index is 12.5. The number of hydrogen-bond donors (Lipinski definition) is 1. The first kappa shape index (κ1) is 20.7. The molecule has 1 aliphatic rings. The second-order valence-electron chi connectivity index (χ2n) is 7.54. The van der Waals surface area contributed by atoms with Gasteiger partial charge in [-0.3, -0.25) is 9.59 Å². The van der Waals surface area contributed by atoms with Crippen LogP contribution in [0.25, 0.3) is 0 Å². The van der Waals surface area contributed by atoms with Crippen molar-refractivity contribution in [2.24, 2.45) is 0 Å². The molecule has 1 N–H and O–H groups in total. The number of hydrogen-bond acceptors (Lipinski definition) is 5. The van der Waals surface area contributed by atoms with E-state index in [4.69, 9.17) is 4.74 Å². The topological polar surface area (TPSA) is 84.9 Å². The number of esters is 1. The summed E-state index contributed by atoms with van der Waals surface area (Å²) in [7, 11) is 1.37.